The number of imide groups is 1. The molecule has 3 fully saturated rings. The van der Waals surface area contributed by atoms with E-state index in [1.807, 2.05) is 0 Å². The second-order valence-electron chi connectivity index (χ2n) is 7.16. The van der Waals surface area contributed by atoms with Crippen LogP contribution in [0.2, 0.25) is 0 Å². The molecule has 3 aliphatic rings. The minimum Gasteiger partial charge on any atom is -0.352 e. The van der Waals surface area contributed by atoms with Crippen LogP contribution < -0.4 is 10.6 Å². The van der Waals surface area contributed by atoms with E-state index in [0.29, 0.717) is 6.04 Å². The first kappa shape index (κ1) is 16.2. The van der Waals surface area contributed by atoms with E-state index in [9.17, 15) is 14.4 Å². The maximum Gasteiger partial charge on any atom is 0.326 e. The predicted octanol–water partition coefficient (Wildman–Crippen LogP) is 0.799. The number of hydrogen-bond donors (Lipinski definition) is 2. The summed E-state index contributed by atoms with van der Waals surface area (Å²) in [6.07, 6.45) is 7.72. The topological polar surface area (TPSA) is 81.8 Å². The number of urea groups is 1. The summed E-state index contributed by atoms with van der Waals surface area (Å²) >= 11 is 0. The maximum absolute atomic E-state index is 12.8. The van der Waals surface area contributed by atoms with Gasteiger partial charge in [-0.1, -0.05) is 25.7 Å². The summed E-state index contributed by atoms with van der Waals surface area (Å²) < 4.78 is 0. The fourth-order valence-corrected chi connectivity index (χ4v) is 3.51. The smallest absolute Gasteiger partial charge is 0.326 e. The van der Waals surface area contributed by atoms with Crippen LogP contribution in [0.4, 0.5) is 4.79 Å². The van der Waals surface area contributed by atoms with Crippen LogP contribution in [-0.4, -0.2) is 59.5 Å². The van der Waals surface area contributed by atoms with Crippen LogP contribution in [-0.2, 0) is 9.59 Å². The third-order valence-corrected chi connectivity index (χ3v) is 4.94. The average Bonchev–Trinajstić information content (AvgIpc) is 3.28. The largest absolute Gasteiger partial charge is 0.352 e. The first-order valence-corrected chi connectivity index (χ1v) is 8.62. The molecule has 1 aliphatic heterocycles. The zero-order valence-corrected chi connectivity index (χ0v) is 13.8. The summed E-state index contributed by atoms with van der Waals surface area (Å²) in [5, 5.41) is 5.83. The van der Waals surface area contributed by atoms with E-state index >= 15 is 0 Å². The van der Waals surface area contributed by atoms with Crippen molar-refractivity contribution in [2.24, 2.45) is 0 Å². The highest BCUT2D eigenvalue weighted by molar-refractivity contribution is 6.07. The molecule has 2 aliphatic carbocycles. The monoisotopic (exact) mass is 322 g/mol. The van der Waals surface area contributed by atoms with Crippen LogP contribution >= 0.6 is 0 Å². The highest BCUT2D eigenvalue weighted by atomic mass is 16.2. The third kappa shape index (κ3) is 3.65. The summed E-state index contributed by atoms with van der Waals surface area (Å²) in [6.45, 7) is 0.352. The number of carbonyl (C=O) groups excluding carboxylic acids is 3. The summed E-state index contributed by atoms with van der Waals surface area (Å²) in [7, 11) is 1.76. The number of carbonyl (C=O) groups is 3. The van der Waals surface area contributed by atoms with Crippen molar-refractivity contribution in [1.82, 2.24) is 20.4 Å². The van der Waals surface area contributed by atoms with Gasteiger partial charge in [-0.2, -0.15) is 0 Å². The normalized spacial score (nSPS) is 24.0. The van der Waals surface area contributed by atoms with Crippen LogP contribution in [0.25, 0.3) is 0 Å². The van der Waals surface area contributed by atoms with Crippen molar-refractivity contribution in [3.05, 3.63) is 0 Å². The number of hydrogen-bond acceptors (Lipinski definition) is 4. The molecular weight excluding hydrogens is 296 g/mol. The molecule has 0 aromatic heterocycles. The van der Waals surface area contributed by atoms with E-state index in [-0.39, 0.29) is 31.1 Å². The fourth-order valence-electron chi connectivity index (χ4n) is 3.51. The minimum atomic E-state index is -0.704. The van der Waals surface area contributed by atoms with Crippen molar-refractivity contribution in [3.63, 3.8) is 0 Å². The standard InChI is InChI=1S/C16H26N4O3/c1-19(10-13(21)17-12-6-7-12)11-20-14(22)16(18-15(20)23)8-4-2-3-5-9-16/h12H,2-11H2,1H3,(H,17,21)(H,18,23). The number of amides is 4. The van der Waals surface area contributed by atoms with Crippen LogP contribution in [0.15, 0.2) is 0 Å². The predicted molar refractivity (Wildman–Crippen MR) is 84.5 cm³/mol. The Morgan fingerprint density at radius 1 is 1.26 bits per heavy atom. The van der Waals surface area contributed by atoms with Gasteiger partial charge in [0.05, 0.1) is 13.2 Å². The van der Waals surface area contributed by atoms with Crippen molar-refractivity contribution in [3.8, 4) is 0 Å². The lowest BCUT2D eigenvalue weighted by Gasteiger charge is -2.26. The molecule has 1 saturated heterocycles. The maximum atomic E-state index is 12.8. The third-order valence-electron chi connectivity index (χ3n) is 4.94. The molecule has 1 spiro atoms. The Kier molecular flexibility index (Phi) is 4.57. The number of rotatable bonds is 5. The van der Waals surface area contributed by atoms with Crippen LogP contribution in [0.3, 0.4) is 0 Å². The Bertz CT molecular complexity index is 496. The Morgan fingerprint density at radius 3 is 2.52 bits per heavy atom. The van der Waals surface area contributed by atoms with E-state index in [4.69, 9.17) is 0 Å². The van der Waals surface area contributed by atoms with Crippen molar-refractivity contribution in [2.45, 2.75) is 62.9 Å². The van der Waals surface area contributed by atoms with Gasteiger partial charge in [-0.05, 0) is 32.7 Å². The van der Waals surface area contributed by atoms with Gasteiger partial charge >= 0.3 is 6.03 Å². The van der Waals surface area contributed by atoms with Gasteiger partial charge in [0.15, 0.2) is 0 Å². The first-order valence-electron chi connectivity index (χ1n) is 8.62. The van der Waals surface area contributed by atoms with E-state index in [1.54, 1.807) is 11.9 Å². The molecule has 7 heteroatoms. The van der Waals surface area contributed by atoms with E-state index in [0.717, 1.165) is 51.4 Å². The van der Waals surface area contributed by atoms with Gasteiger partial charge in [0.25, 0.3) is 5.91 Å². The summed E-state index contributed by atoms with van der Waals surface area (Å²) in [5.41, 5.74) is -0.704. The van der Waals surface area contributed by atoms with Crippen LogP contribution in [0.1, 0.15) is 51.4 Å². The Labute approximate surface area is 136 Å². The molecule has 2 saturated carbocycles. The van der Waals surface area contributed by atoms with Gasteiger partial charge in [-0.3, -0.25) is 14.5 Å². The van der Waals surface area contributed by atoms with Crippen molar-refractivity contribution in [2.75, 3.05) is 20.3 Å². The molecule has 0 atom stereocenters. The lowest BCUT2D eigenvalue weighted by molar-refractivity contribution is -0.134. The van der Waals surface area contributed by atoms with Gasteiger partial charge in [0.2, 0.25) is 5.91 Å². The second-order valence-corrected chi connectivity index (χ2v) is 7.16. The molecule has 0 radical (unpaired) electrons. The van der Waals surface area contributed by atoms with E-state index < -0.39 is 5.54 Å². The molecule has 23 heavy (non-hydrogen) atoms. The number of nitrogens with one attached hydrogen (secondary N) is 2. The molecule has 0 aromatic carbocycles. The Balaban J connectivity index is 1.57. The summed E-state index contributed by atoms with van der Waals surface area (Å²) in [5.74, 6) is -0.176. The molecule has 1 heterocycles. The summed E-state index contributed by atoms with van der Waals surface area (Å²) in [4.78, 5) is 39.8. The lowest BCUT2D eigenvalue weighted by Crippen LogP contribution is -2.48. The molecule has 0 aromatic rings. The molecule has 7 nitrogen and oxygen atoms in total. The minimum absolute atomic E-state index is 0.0498. The molecular formula is C16H26N4O3. The molecule has 128 valence electrons. The first-order chi connectivity index (χ1) is 11.0. The van der Waals surface area contributed by atoms with Crippen LogP contribution in [0, 0.1) is 0 Å². The Morgan fingerprint density at radius 2 is 1.91 bits per heavy atom. The van der Waals surface area contributed by atoms with Gasteiger partial charge in [-0.15, -0.1) is 0 Å². The highest BCUT2D eigenvalue weighted by Crippen LogP contribution is 2.32. The van der Waals surface area contributed by atoms with Gasteiger partial charge in [-0.25, -0.2) is 9.69 Å². The molecule has 0 unspecified atom stereocenters. The zero-order valence-electron chi connectivity index (χ0n) is 13.8. The van der Waals surface area contributed by atoms with Gasteiger partial charge in [0, 0.05) is 6.04 Å². The molecule has 2 N–H and O–H groups in total. The number of likely N-dealkylation sites (N-methyl/N-ethyl adjacent to an activating group) is 1. The number of nitrogens with zero attached hydrogens (tertiary/aromatic N) is 2. The fraction of sp³-hybridized carbons (Fsp3) is 0.812. The van der Waals surface area contributed by atoms with E-state index in [1.165, 1.54) is 4.90 Å². The second kappa shape index (κ2) is 6.47. The SMILES string of the molecule is CN(CC(=O)NC1CC1)CN1C(=O)NC2(CCCCCC2)C1=O. The quantitative estimate of drug-likeness (QED) is 0.734. The highest BCUT2D eigenvalue weighted by Gasteiger charge is 2.50. The van der Waals surface area contributed by atoms with Crippen LogP contribution in [0.5, 0.6) is 0 Å². The molecule has 0 bridgehead atoms. The molecule has 3 rings (SSSR count). The zero-order chi connectivity index (χ0) is 16.4. The van der Waals surface area contributed by atoms with Crippen molar-refractivity contribution < 1.29 is 14.4 Å². The molecule has 4 amide bonds. The summed E-state index contributed by atoms with van der Waals surface area (Å²) in [6, 6.07) is -0.00627. The van der Waals surface area contributed by atoms with Gasteiger partial charge in [0.1, 0.15) is 5.54 Å². The van der Waals surface area contributed by atoms with Gasteiger partial charge < -0.3 is 10.6 Å². The van der Waals surface area contributed by atoms with Crippen molar-refractivity contribution in [1.29, 1.82) is 0 Å². The lowest BCUT2D eigenvalue weighted by atomic mass is 9.90. The average molecular weight is 322 g/mol. The Hall–Kier alpha value is -1.63. The van der Waals surface area contributed by atoms with E-state index in [2.05, 4.69) is 10.6 Å². The van der Waals surface area contributed by atoms with Crippen molar-refractivity contribution >= 4 is 17.8 Å².